The summed E-state index contributed by atoms with van der Waals surface area (Å²) < 4.78 is 0. The molecule has 0 unspecified atom stereocenters. The van der Waals surface area contributed by atoms with Crippen molar-refractivity contribution in [3.63, 3.8) is 0 Å². The summed E-state index contributed by atoms with van der Waals surface area (Å²) in [4.78, 5) is 24.3. The summed E-state index contributed by atoms with van der Waals surface area (Å²) in [6.07, 6.45) is 1.83. The third-order valence-electron chi connectivity index (χ3n) is 3.31. The van der Waals surface area contributed by atoms with E-state index in [1.807, 2.05) is 30.3 Å². The lowest BCUT2D eigenvalue weighted by molar-refractivity contribution is 0.0696. The largest absolute Gasteiger partial charge is 0.478 e. The molecule has 4 heteroatoms. The van der Waals surface area contributed by atoms with Gasteiger partial charge in [-0.2, -0.15) is 0 Å². The second-order valence-corrected chi connectivity index (χ2v) is 5.73. The number of fused-ring (bicyclic) bond motifs is 1. The first-order valence-corrected chi connectivity index (χ1v) is 7.44. The van der Waals surface area contributed by atoms with E-state index in [4.69, 9.17) is 5.11 Å². The molecule has 2 aromatic carbocycles. The molecular formula is C17H12O3S. The summed E-state index contributed by atoms with van der Waals surface area (Å²) >= 11 is 1.64. The zero-order valence-electron chi connectivity index (χ0n) is 11.1. The maximum Gasteiger partial charge on any atom is 0.335 e. The van der Waals surface area contributed by atoms with Crippen molar-refractivity contribution in [1.29, 1.82) is 0 Å². The van der Waals surface area contributed by atoms with Gasteiger partial charge in [-0.15, -0.1) is 11.8 Å². The van der Waals surface area contributed by atoms with E-state index in [9.17, 15) is 9.59 Å². The molecule has 1 N–H and O–H groups in total. The molecule has 0 saturated carbocycles. The van der Waals surface area contributed by atoms with Crippen LogP contribution >= 0.6 is 11.8 Å². The Bertz CT molecular complexity index is 745. The Morgan fingerprint density at radius 1 is 1.10 bits per heavy atom. The van der Waals surface area contributed by atoms with Crippen LogP contribution in [0, 0.1) is 0 Å². The van der Waals surface area contributed by atoms with Gasteiger partial charge in [-0.05, 0) is 35.9 Å². The van der Waals surface area contributed by atoms with E-state index >= 15 is 0 Å². The van der Waals surface area contributed by atoms with E-state index in [2.05, 4.69) is 0 Å². The Morgan fingerprint density at radius 2 is 1.81 bits per heavy atom. The number of carbonyl (C=O) groups excluding carboxylic acids is 1. The molecule has 1 heterocycles. The van der Waals surface area contributed by atoms with Gasteiger partial charge in [0.05, 0.1) is 5.56 Å². The highest BCUT2D eigenvalue weighted by molar-refractivity contribution is 7.99. The summed E-state index contributed by atoms with van der Waals surface area (Å²) in [6, 6.07) is 14.1. The maximum absolute atomic E-state index is 12.4. The number of carboxylic acid groups (broad SMARTS) is 1. The van der Waals surface area contributed by atoms with Crippen LogP contribution in [0.2, 0.25) is 0 Å². The number of hydrogen-bond acceptors (Lipinski definition) is 3. The molecule has 2 aromatic rings. The lowest BCUT2D eigenvalue weighted by Gasteiger charge is -2.16. The second-order valence-electron chi connectivity index (χ2n) is 4.71. The van der Waals surface area contributed by atoms with Crippen molar-refractivity contribution >= 4 is 29.6 Å². The number of hydrogen-bond donors (Lipinski definition) is 1. The van der Waals surface area contributed by atoms with E-state index < -0.39 is 5.97 Å². The third kappa shape index (κ3) is 2.76. The Kier molecular flexibility index (Phi) is 3.62. The number of Topliss-reactive ketones (excluding diaryl/α,β-unsaturated/α-hetero) is 1. The van der Waals surface area contributed by atoms with Crippen molar-refractivity contribution < 1.29 is 14.7 Å². The van der Waals surface area contributed by atoms with Crippen LogP contribution in [-0.2, 0) is 0 Å². The molecule has 104 valence electrons. The highest BCUT2D eigenvalue weighted by Crippen LogP contribution is 2.33. The fraction of sp³-hybridized carbons (Fsp3) is 0.0588. The van der Waals surface area contributed by atoms with Crippen LogP contribution in [0.25, 0.3) is 6.08 Å². The monoisotopic (exact) mass is 296 g/mol. The van der Waals surface area contributed by atoms with Gasteiger partial charge in [-0.25, -0.2) is 4.79 Å². The van der Waals surface area contributed by atoms with Crippen LogP contribution in [0.4, 0.5) is 0 Å². The van der Waals surface area contributed by atoms with Crippen LogP contribution in [0.5, 0.6) is 0 Å². The number of rotatable bonds is 2. The maximum atomic E-state index is 12.4. The molecule has 1 aliphatic heterocycles. The zero-order chi connectivity index (χ0) is 14.8. The molecule has 0 saturated heterocycles. The Balaban J connectivity index is 1.91. The van der Waals surface area contributed by atoms with E-state index in [1.54, 1.807) is 36.0 Å². The SMILES string of the molecule is O=C(O)c1ccc(/C=C2/CSc3ccccc3C2=O)cc1. The topological polar surface area (TPSA) is 54.4 Å². The van der Waals surface area contributed by atoms with Crippen molar-refractivity contribution in [1.82, 2.24) is 0 Å². The van der Waals surface area contributed by atoms with Gasteiger partial charge in [-0.3, -0.25) is 4.79 Å². The number of ketones is 1. The standard InChI is InChI=1S/C17H12O3S/c18-16-13(10-21-15-4-2-1-3-14(15)16)9-11-5-7-12(8-6-11)17(19)20/h1-9H,10H2,(H,19,20)/b13-9-. The van der Waals surface area contributed by atoms with Crippen LogP contribution in [0.15, 0.2) is 59.0 Å². The highest BCUT2D eigenvalue weighted by Gasteiger charge is 2.21. The van der Waals surface area contributed by atoms with Crippen LogP contribution < -0.4 is 0 Å². The summed E-state index contributed by atoms with van der Waals surface area (Å²) in [7, 11) is 0. The van der Waals surface area contributed by atoms with Gasteiger partial charge >= 0.3 is 5.97 Å². The van der Waals surface area contributed by atoms with E-state index in [1.165, 1.54) is 0 Å². The van der Waals surface area contributed by atoms with Crippen molar-refractivity contribution in [3.8, 4) is 0 Å². The molecular weight excluding hydrogens is 284 g/mol. The van der Waals surface area contributed by atoms with Gasteiger partial charge in [0.2, 0.25) is 0 Å². The molecule has 21 heavy (non-hydrogen) atoms. The van der Waals surface area contributed by atoms with E-state index in [0.29, 0.717) is 5.75 Å². The fourth-order valence-corrected chi connectivity index (χ4v) is 3.22. The van der Waals surface area contributed by atoms with Crippen molar-refractivity contribution in [2.24, 2.45) is 0 Å². The van der Waals surface area contributed by atoms with Crippen LogP contribution in [0.1, 0.15) is 26.3 Å². The van der Waals surface area contributed by atoms with E-state index in [-0.39, 0.29) is 11.3 Å². The molecule has 0 amide bonds. The number of aromatic carboxylic acids is 1. The number of thioether (sulfide) groups is 1. The fourth-order valence-electron chi connectivity index (χ4n) is 2.20. The minimum absolute atomic E-state index is 0.0478. The molecule has 0 spiro atoms. The quantitative estimate of drug-likeness (QED) is 0.857. The first-order chi connectivity index (χ1) is 10.1. The Hall–Kier alpha value is -2.33. The molecule has 0 radical (unpaired) electrons. The van der Waals surface area contributed by atoms with Gasteiger partial charge in [0.1, 0.15) is 0 Å². The summed E-state index contributed by atoms with van der Waals surface area (Å²) in [5.74, 6) is -0.268. The van der Waals surface area contributed by atoms with Crippen molar-refractivity contribution in [2.75, 3.05) is 5.75 Å². The Morgan fingerprint density at radius 3 is 2.52 bits per heavy atom. The van der Waals surface area contributed by atoms with E-state index in [0.717, 1.165) is 21.6 Å². The molecule has 0 aliphatic carbocycles. The average molecular weight is 296 g/mol. The molecule has 3 nitrogen and oxygen atoms in total. The molecule has 0 fully saturated rings. The molecule has 3 rings (SSSR count). The predicted octanol–water partition coefficient (Wildman–Crippen LogP) is 3.76. The van der Waals surface area contributed by atoms with Gasteiger partial charge in [0, 0.05) is 21.8 Å². The Labute approximate surface area is 126 Å². The number of carboxylic acids is 1. The molecule has 0 atom stereocenters. The van der Waals surface area contributed by atoms with Crippen LogP contribution in [-0.4, -0.2) is 22.6 Å². The smallest absolute Gasteiger partial charge is 0.335 e. The highest BCUT2D eigenvalue weighted by atomic mass is 32.2. The minimum atomic E-state index is -0.951. The van der Waals surface area contributed by atoms with Gasteiger partial charge in [-0.1, -0.05) is 24.3 Å². The summed E-state index contributed by atoms with van der Waals surface area (Å²) in [5, 5.41) is 8.88. The third-order valence-corrected chi connectivity index (χ3v) is 4.43. The number of carbonyl (C=O) groups is 2. The average Bonchev–Trinajstić information content (AvgIpc) is 2.51. The normalized spacial score (nSPS) is 15.8. The van der Waals surface area contributed by atoms with Gasteiger partial charge in [0.15, 0.2) is 5.78 Å². The molecule has 0 bridgehead atoms. The van der Waals surface area contributed by atoms with Crippen LogP contribution in [0.3, 0.4) is 0 Å². The summed E-state index contributed by atoms with van der Waals surface area (Å²) in [6.45, 7) is 0. The molecule has 0 aromatic heterocycles. The lowest BCUT2D eigenvalue weighted by Crippen LogP contribution is -2.12. The minimum Gasteiger partial charge on any atom is -0.478 e. The number of benzene rings is 2. The van der Waals surface area contributed by atoms with Crippen molar-refractivity contribution in [3.05, 3.63) is 70.8 Å². The first kappa shape index (κ1) is 13.6. The summed E-state index contributed by atoms with van der Waals surface area (Å²) in [5.41, 5.74) is 2.55. The predicted molar refractivity (Wildman–Crippen MR) is 82.9 cm³/mol. The van der Waals surface area contributed by atoms with Gasteiger partial charge in [0.25, 0.3) is 0 Å². The molecule has 1 aliphatic rings. The van der Waals surface area contributed by atoms with Crippen molar-refractivity contribution in [2.45, 2.75) is 4.90 Å². The van der Waals surface area contributed by atoms with Gasteiger partial charge < -0.3 is 5.11 Å². The second kappa shape index (κ2) is 5.58. The first-order valence-electron chi connectivity index (χ1n) is 6.45. The lowest BCUT2D eigenvalue weighted by atomic mass is 10.0. The zero-order valence-corrected chi connectivity index (χ0v) is 11.9.